The first-order chi connectivity index (χ1) is 6.70. The third kappa shape index (κ3) is 1.26. The van der Waals surface area contributed by atoms with Gasteiger partial charge >= 0.3 is 0 Å². The Hall–Kier alpha value is -1.78. The molecule has 0 spiro atoms. The molecule has 2 aromatic heterocycles. The molecule has 2 heterocycles. The van der Waals surface area contributed by atoms with E-state index in [1.54, 1.807) is 12.4 Å². The van der Waals surface area contributed by atoms with Gasteiger partial charge in [-0.15, -0.1) is 0 Å². The number of nitrogen functional groups attached to an aromatic ring is 1. The van der Waals surface area contributed by atoms with Crippen LogP contribution in [0.3, 0.4) is 0 Å². The fourth-order valence-electron chi connectivity index (χ4n) is 1.46. The van der Waals surface area contributed by atoms with Crippen molar-refractivity contribution in [3.05, 3.63) is 18.0 Å². The Bertz CT molecular complexity index is 416. The summed E-state index contributed by atoms with van der Waals surface area (Å²) >= 11 is 0. The van der Waals surface area contributed by atoms with Gasteiger partial charge in [-0.05, 0) is 5.92 Å². The molecule has 0 saturated carbocycles. The molecule has 0 amide bonds. The Balaban J connectivity index is 2.54. The lowest BCUT2D eigenvalue weighted by molar-refractivity contribution is 0.438. The quantitative estimate of drug-likeness (QED) is 0.759. The largest absolute Gasteiger partial charge is 0.367 e. The van der Waals surface area contributed by atoms with Crippen LogP contribution in [0.4, 0.5) is 5.88 Å². The number of aromatic nitrogens is 3. The molecule has 0 aromatic carbocycles. The highest BCUT2D eigenvalue weighted by atomic mass is 16.5. The van der Waals surface area contributed by atoms with E-state index in [1.165, 1.54) is 0 Å². The zero-order valence-electron chi connectivity index (χ0n) is 8.11. The first-order valence-electron chi connectivity index (χ1n) is 4.44. The minimum absolute atomic E-state index is 0.283. The van der Waals surface area contributed by atoms with E-state index in [0.717, 1.165) is 16.8 Å². The van der Waals surface area contributed by atoms with Crippen molar-refractivity contribution in [1.82, 2.24) is 15.4 Å². The predicted molar refractivity (Wildman–Crippen MR) is 52.6 cm³/mol. The molecule has 0 aliphatic carbocycles. The normalized spacial score (nSPS) is 11.1. The van der Waals surface area contributed by atoms with E-state index in [-0.39, 0.29) is 5.92 Å². The number of aromatic amines is 1. The summed E-state index contributed by atoms with van der Waals surface area (Å²) in [7, 11) is 0. The van der Waals surface area contributed by atoms with Gasteiger partial charge in [0.05, 0.1) is 6.20 Å². The highest BCUT2D eigenvalue weighted by Crippen LogP contribution is 2.32. The molecular weight excluding hydrogens is 180 g/mol. The van der Waals surface area contributed by atoms with Crippen LogP contribution in [0.1, 0.15) is 25.3 Å². The van der Waals surface area contributed by atoms with Gasteiger partial charge in [-0.1, -0.05) is 19.0 Å². The molecule has 5 heteroatoms. The molecule has 3 N–H and O–H groups in total. The van der Waals surface area contributed by atoms with Gasteiger partial charge in [0.1, 0.15) is 5.69 Å². The van der Waals surface area contributed by atoms with Gasteiger partial charge in [0, 0.05) is 17.3 Å². The summed E-state index contributed by atoms with van der Waals surface area (Å²) in [6.45, 7) is 4.10. The molecule has 14 heavy (non-hydrogen) atoms. The van der Waals surface area contributed by atoms with Crippen molar-refractivity contribution in [3.63, 3.8) is 0 Å². The molecule has 74 valence electrons. The Kier molecular flexibility index (Phi) is 1.99. The number of hydrogen-bond acceptors (Lipinski definition) is 4. The molecule has 0 aliphatic heterocycles. The fraction of sp³-hybridized carbons (Fsp3) is 0.333. The van der Waals surface area contributed by atoms with Crippen LogP contribution in [-0.2, 0) is 0 Å². The average Bonchev–Trinajstić information content (AvgIpc) is 2.70. The summed E-state index contributed by atoms with van der Waals surface area (Å²) in [4.78, 5) is 0. The van der Waals surface area contributed by atoms with E-state index in [4.69, 9.17) is 10.3 Å². The maximum absolute atomic E-state index is 5.69. The molecule has 0 aliphatic rings. The molecular formula is C9H12N4O. The van der Waals surface area contributed by atoms with Crippen LogP contribution < -0.4 is 5.73 Å². The smallest absolute Gasteiger partial charge is 0.226 e. The first-order valence-corrected chi connectivity index (χ1v) is 4.44. The summed E-state index contributed by atoms with van der Waals surface area (Å²) in [5, 5.41) is 10.5. The van der Waals surface area contributed by atoms with Crippen molar-refractivity contribution < 1.29 is 4.52 Å². The number of hydrogen-bond donors (Lipinski definition) is 2. The second-order valence-corrected chi connectivity index (χ2v) is 3.45. The zero-order chi connectivity index (χ0) is 10.1. The van der Waals surface area contributed by atoms with E-state index < -0.39 is 0 Å². The second-order valence-electron chi connectivity index (χ2n) is 3.45. The highest BCUT2D eigenvalue weighted by Gasteiger charge is 2.18. The van der Waals surface area contributed by atoms with Gasteiger partial charge in [-0.3, -0.25) is 5.10 Å². The molecule has 0 bridgehead atoms. The fourth-order valence-corrected chi connectivity index (χ4v) is 1.46. The summed E-state index contributed by atoms with van der Waals surface area (Å²) < 4.78 is 4.97. The number of nitrogens with two attached hydrogens (primary N) is 1. The van der Waals surface area contributed by atoms with Crippen LogP contribution in [0.2, 0.25) is 0 Å². The van der Waals surface area contributed by atoms with Crippen molar-refractivity contribution in [2.75, 3.05) is 5.73 Å². The SMILES string of the molecule is CC(C)c1c(-c2cn[nH]c2)noc1N. The summed E-state index contributed by atoms with van der Waals surface area (Å²) in [5.41, 5.74) is 8.29. The molecule has 2 aromatic rings. The lowest BCUT2D eigenvalue weighted by Gasteiger charge is -2.02. The Morgan fingerprint density at radius 3 is 2.86 bits per heavy atom. The maximum atomic E-state index is 5.69. The summed E-state index contributed by atoms with van der Waals surface area (Å²) in [5.74, 6) is 0.669. The Morgan fingerprint density at radius 2 is 2.29 bits per heavy atom. The van der Waals surface area contributed by atoms with Crippen LogP contribution in [0.15, 0.2) is 16.9 Å². The van der Waals surface area contributed by atoms with Crippen LogP contribution in [0, 0.1) is 0 Å². The number of rotatable bonds is 2. The third-order valence-corrected chi connectivity index (χ3v) is 2.10. The van der Waals surface area contributed by atoms with Gasteiger partial charge < -0.3 is 10.3 Å². The number of H-pyrrole nitrogens is 1. The van der Waals surface area contributed by atoms with Gasteiger partial charge in [0.2, 0.25) is 5.88 Å². The lowest BCUT2D eigenvalue weighted by atomic mass is 10.0. The van der Waals surface area contributed by atoms with E-state index in [9.17, 15) is 0 Å². The number of anilines is 1. The average molecular weight is 192 g/mol. The first kappa shape index (κ1) is 8.80. The van der Waals surface area contributed by atoms with Gasteiger partial charge in [-0.2, -0.15) is 5.10 Å². The van der Waals surface area contributed by atoms with Gasteiger partial charge in [0.25, 0.3) is 0 Å². The molecule has 0 radical (unpaired) electrons. The van der Waals surface area contributed by atoms with Crippen molar-refractivity contribution in [2.45, 2.75) is 19.8 Å². The van der Waals surface area contributed by atoms with Crippen LogP contribution in [0.25, 0.3) is 11.3 Å². The number of nitrogens with one attached hydrogen (secondary N) is 1. The van der Waals surface area contributed by atoms with Crippen molar-refractivity contribution in [2.24, 2.45) is 0 Å². The van der Waals surface area contributed by atoms with Crippen LogP contribution >= 0.6 is 0 Å². The molecule has 0 unspecified atom stereocenters. The topological polar surface area (TPSA) is 80.7 Å². The van der Waals surface area contributed by atoms with Crippen LogP contribution in [-0.4, -0.2) is 15.4 Å². The van der Waals surface area contributed by atoms with E-state index in [1.807, 2.05) is 13.8 Å². The van der Waals surface area contributed by atoms with E-state index >= 15 is 0 Å². The molecule has 5 nitrogen and oxygen atoms in total. The Labute approximate surface area is 81.3 Å². The van der Waals surface area contributed by atoms with Crippen molar-refractivity contribution in [1.29, 1.82) is 0 Å². The molecule has 2 rings (SSSR count). The third-order valence-electron chi connectivity index (χ3n) is 2.10. The van der Waals surface area contributed by atoms with Crippen molar-refractivity contribution >= 4 is 5.88 Å². The lowest BCUT2D eigenvalue weighted by Crippen LogP contribution is -1.93. The molecule has 0 saturated heterocycles. The van der Waals surface area contributed by atoms with Gasteiger partial charge in [-0.25, -0.2) is 0 Å². The van der Waals surface area contributed by atoms with E-state index in [0.29, 0.717) is 5.88 Å². The van der Waals surface area contributed by atoms with E-state index in [2.05, 4.69) is 15.4 Å². The van der Waals surface area contributed by atoms with Crippen molar-refractivity contribution in [3.8, 4) is 11.3 Å². The standard InChI is InChI=1S/C9H12N4O/c1-5(2)7-8(13-14-9(7)10)6-3-11-12-4-6/h3-5H,10H2,1-2H3,(H,11,12). The minimum atomic E-state index is 0.283. The summed E-state index contributed by atoms with van der Waals surface area (Å²) in [6.07, 6.45) is 3.46. The second kappa shape index (κ2) is 3.17. The minimum Gasteiger partial charge on any atom is -0.367 e. The molecule has 0 atom stereocenters. The predicted octanol–water partition coefficient (Wildman–Crippen LogP) is 1.77. The monoisotopic (exact) mass is 192 g/mol. The number of nitrogens with zero attached hydrogens (tertiary/aromatic N) is 2. The highest BCUT2D eigenvalue weighted by molar-refractivity contribution is 5.66. The zero-order valence-corrected chi connectivity index (χ0v) is 8.11. The molecule has 0 fully saturated rings. The Morgan fingerprint density at radius 1 is 1.50 bits per heavy atom. The van der Waals surface area contributed by atoms with Crippen LogP contribution in [0.5, 0.6) is 0 Å². The summed E-state index contributed by atoms with van der Waals surface area (Å²) in [6, 6.07) is 0. The van der Waals surface area contributed by atoms with Gasteiger partial charge in [0.15, 0.2) is 0 Å². The maximum Gasteiger partial charge on any atom is 0.226 e.